The van der Waals surface area contributed by atoms with E-state index in [0.29, 0.717) is 6.04 Å². The van der Waals surface area contributed by atoms with Gasteiger partial charge in [0.1, 0.15) is 0 Å². The van der Waals surface area contributed by atoms with Gasteiger partial charge < -0.3 is 10.1 Å². The summed E-state index contributed by atoms with van der Waals surface area (Å²) >= 11 is 0. The van der Waals surface area contributed by atoms with Gasteiger partial charge in [0.05, 0.1) is 18.3 Å². The van der Waals surface area contributed by atoms with Gasteiger partial charge >= 0.3 is 0 Å². The van der Waals surface area contributed by atoms with Crippen LogP contribution in [0.4, 0.5) is 0 Å². The van der Waals surface area contributed by atoms with E-state index in [-0.39, 0.29) is 6.10 Å². The number of nitrogens with one attached hydrogen (secondary N) is 1. The molecule has 0 bridgehead atoms. The molecule has 1 atom stereocenters. The molecule has 0 aromatic carbocycles. The number of rotatable bonds is 7. The lowest BCUT2D eigenvalue weighted by atomic mass is 10.1. The van der Waals surface area contributed by atoms with E-state index in [2.05, 4.69) is 49.7 Å². The Hall–Kier alpha value is -0.870. The maximum atomic E-state index is 5.30. The topological polar surface area (TPSA) is 39.1 Å². The van der Waals surface area contributed by atoms with Crippen molar-refractivity contribution in [3.8, 4) is 0 Å². The van der Waals surface area contributed by atoms with Crippen molar-refractivity contribution in [2.24, 2.45) is 0 Å². The Labute approximate surface area is 111 Å². The molecule has 1 aromatic heterocycles. The minimum absolute atomic E-state index is 0.199. The second kappa shape index (κ2) is 6.90. The van der Waals surface area contributed by atoms with Gasteiger partial charge in [0.25, 0.3) is 0 Å². The standard InChI is InChI=1S/C14H27N3O/c1-10(2)15-8-7-14-12(4)16-17(13(14)5)9-11(3)18-6/h10-11,15H,7-9H2,1-6H3. The van der Waals surface area contributed by atoms with E-state index < -0.39 is 0 Å². The molecule has 0 aliphatic carbocycles. The van der Waals surface area contributed by atoms with E-state index in [1.54, 1.807) is 7.11 Å². The molecule has 0 aliphatic heterocycles. The Balaban J connectivity index is 2.68. The van der Waals surface area contributed by atoms with Crippen LogP contribution in [0.25, 0.3) is 0 Å². The van der Waals surface area contributed by atoms with Gasteiger partial charge in [0, 0.05) is 18.8 Å². The number of aryl methyl sites for hydroxylation is 1. The fourth-order valence-corrected chi connectivity index (χ4v) is 2.08. The Kier molecular flexibility index (Phi) is 5.82. The highest BCUT2D eigenvalue weighted by Crippen LogP contribution is 2.14. The highest BCUT2D eigenvalue weighted by atomic mass is 16.5. The summed E-state index contributed by atoms with van der Waals surface area (Å²) in [5.74, 6) is 0. The van der Waals surface area contributed by atoms with E-state index in [4.69, 9.17) is 4.74 Å². The minimum Gasteiger partial charge on any atom is -0.380 e. The number of ether oxygens (including phenoxy) is 1. The number of aromatic nitrogens is 2. The van der Waals surface area contributed by atoms with Crippen molar-refractivity contribution in [3.63, 3.8) is 0 Å². The zero-order chi connectivity index (χ0) is 13.7. The smallest absolute Gasteiger partial charge is 0.0739 e. The highest BCUT2D eigenvalue weighted by molar-refractivity contribution is 5.24. The molecule has 4 heteroatoms. The van der Waals surface area contributed by atoms with Crippen LogP contribution in [0.3, 0.4) is 0 Å². The van der Waals surface area contributed by atoms with E-state index in [9.17, 15) is 0 Å². The molecule has 4 nitrogen and oxygen atoms in total. The molecule has 0 saturated carbocycles. The molecule has 0 saturated heterocycles. The highest BCUT2D eigenvalue weighted by Gasteiger charge is 2.13. The predicted molar refractivity (Wildman–Crippen MR) is 75.0 cm³/mol. The van der Waals surface area contributed by atoms with Crippen LogP contribution in [0.1, 0.15) is 37.7 Å². The lowest BCUT2D eigenvalue weighted by molar-refractivity contribution is 0.0991. The van der Waals surface area contributed by atoms with Gasteiger partial charge in [0.2, 0.25) is 0 Å². The summed E-state index contributed by atoms with van der Waals surface area (Å²) in [6.07, 6.45) is 1.24. The van der Waals surface area contributed by atoms with Gasteiger partial charge in [0.15, 0.2) is 0 Å². The van der Waals surface area contributed by atoms with Crippen molar-refractivity contribution in [1.29, 1.82) is 0 Å². The minimum atomic E-state index is 0.199. The number of nitrogens with zero attached hydrogens (tertiary/aromatic N) is 2. The van der Waals surface area contributed by atoms with Gasteiger partial charge in [-0.05, 0) is 39.3 Å². The van der Waals surface area contributed by atoms with Crippen molar-refractivity contribution >= 4 is 0 Å². The molecule has 104 valence electrons. The Morgan fingerprint density at radius 1 is 1.28 bits per heavy atom. The van der Waals surface area contributed by atoms with Crippen LogP contribution < -0.4 is 5.32 Å². The molecule has 1 aromatic rings. The van der Waals surface area contributed by atoms with Crippen LogP contribution in [0, 0.1) is 13.8 Å². The van der Waals surface area contributed by atoms with Crippen LogP contribution in [0.15, 0.2) is 0 Å². The summed E-state index contributed by atoms with van der Waals surface area (Å²) in [6.45, 7) is 12.5. The van der Waals surface area contributed by atoms with Crippen molar-refractivity contribution in [1.82, 2.24) is 15.1 Å². The molecule has 1 N–H and O–H groups in total. The first kappa shape index (κ1) is 15.2. The van der Waals surface area contributed by atoms with Crippen LogP contribution in [-0.4, -0.2) is 35.6 Å². The normalized spacial score (nSPS) is 13.3. The third kappa shape index (κ3) is 4.10. The molecule has 1 unspecified atom stereocenters. The van der Waals surface area contributed by atoms with Gasteiger partial charge in [-0.15, -0.1) is 0 Å². The monoisotopic (exact) mass is 253 g/mol. The summed E-state index contributed by atoms with van der Waals surface area (Å²) in [7, 11) is 1.74. The zero-order valence-corrected chi connectivity index (χ0v) is 12.6. The van der Waals surface area contributed by atoms with Crippen molar-refractivity contribution in [2.75, 3.05) is 13.7 Å². The fourth-order valence-electron chi connectivity index (χ4n) is 2.08. The van der Waals surface area contributed by atoms with Crippen LogP contribution in [0.2, 0.25) is 0 Å². The number of methoxy groups -OCH3 is 1. The second-order valence-corrected chi connectivity index (χ2v) is 5.24. The maximum absolute atomic E-state index is 5.30. The molecule has 0 amide bonds. The quantitative estimate of drug-likeness (QED) is 0.808. The average molecular weight is 253 g/mol. The fraction of sp³-hybridized carbons (Fsp3) is 0.786. The van der Waals surface area contributed by atoms with Gasteiger partial charge in [-0.2, -0.15) is 5.10 Å². The third-order valence-corrected chi connectivity index (χ3v) is 3.29. The maximum Gasteiger partial charge on any atom is 0.0739 e. The summed E-state index contributed by atoms with van der Waals surface area (Å²) in [4.78, 5) is 0. The molecule has 0 spiro atoms. The van der Waals surface area contributed by atoms with Gasteiger partial charge in [-0.3, -0.25) is 4.68 Å². The molecular formula is C14H27N3O. The number of hydrogen-bond acceptors (Lipinski definition) is 3. The molecule has 18 heavy (non-hydrogen) atoms. The summed E-state index contributed by atoms with van der Waals surface area (Å²) in [5, 5.41) is 8.05. The first-order valence-corrected chi connectivity index (χ1v) is 6.74. The van der Waals surface area contributed by atoms with Crippen LogP contribution in [0.5, 0.6) is 0 Å². The van der Waals surface area contributed by atoms with Crippen LogP contribution >= 0.6 is 0 Å². The lowest BCUT2D eigenvalue weighted by Gasteiger charge is -2.11. The second-order valence-electron chi connectivity index (χ2n) is 5.24. The molecule has 0 fully saturated rings. The van der Waals surface area contributed by atoms with E-state index in [1.807, 2.05) is 0 Å². The number of hydrogen-bond donors (Lipinski definition) is 1. The predicted octanol–water partition coefficient (Wildman–Crippen LogP) is 2.08. The Morgan fingerprint density at radius 2 is 1.94 bits per heavy atom. The SMILES string of the molecule is COC(C)Cn1nc(C)c(CCNC(C)C)c1C. The molecular weight excluding hydrogens is 226 g/mol. The first-order chi connectivity index (χ1) is 8.45. The van der Waals surface area contributed by atoms with Crippen molar-refractivity contribution < 1.29 is 4.74 Å². The van der Waals surface area contributed by atoms with E-state index >= 15 is 0 Å². The first-order valence-electron chi connectivity index (χ1n) is 6.74. The van der Waals surface area contributed by atoms with Gasteiger partial charge in [-0.25, -0.2) is 0 Å². The van der Waals surface area contributed by atoms with Crippen LogP contribution in [-0.2, 0) is 17.7 Å². The zero-order valence-electron chi connectivity index (χ0n) is 12.6. The summed E-state index contributed by atoms with van der Waals surface area (Å²) < 4.78 is 7.36. The van der Waals surface area contributed by atoms with Gasteiger partial charge in [-0.1, -0.05) is 13.8 Å². The van der Waals surface area contributed by atoms with E-state index in [1.165, 1.54) is 11.3 Å². The molecule has 0 radical (unpaired) electrons. The largest absolute Gasteiger partial charge is 0.380 e. The Morgan fingerprint density at radius 3 is 2.50 bits per heavy atom. The van der Waals surface area contributed by atoms with Crippen molar-refractivity contribution in [3.05, 3.63) is 17.0 Å². The van der Waals surface area contributed by atoms with E-state index in [0.717, 1.165) is 25.2 Å². The lowest BCUT2D eigenvalue weighted by Crippen LogP contribution is -2.25. The molecule has 0 aliphatic rings. The summed E-state index contributed by atoms with van der Waals surface area (Å²) in [5.41, 5.74) is 3.77. The average Bonchev–Trinajstić information content (AvgIpc) is 2.56. The third-order valence-electron chi connectivity index (χ3n) is 3.29. The summed E-state index contributed by atoms with van der Waals surface area (Å²) in [6, 6.07) is 0.536. The molecule has 1 heterocycles. The molecule has 1 rings (SSSR count). The Bertz CT molecular complexity index is 371. The van der Waals surface area contributed by atoms with Crippen molar-refractivity contribution in [2.45, 2.75) is 59.7 Å².